The predicted molar refractivity (Wildman–Crippen MR) is 103 cm³/mol. The molecule has 1 fully saturated rings. The van der Waals surface area contributed by atoms with Crippen LogP contribution in [-0.2, 0) is 19.4 Å². The van der Waals surface area contributed by atoms with Crippen molar-refractivity contribution in [1.29, 1.82) is 0 Å². The highest BCUT2D eigenvalue weighted by atomic mass is 35.5. The Hall–Kier alpha value is -0.950. The summed E-state index contributed by atoms with van der Waals surface area (Å²) in [5.74, 6) is 1.53. The Labute approximate surface area is 153 Å². The molecule has 2 aliphatic rings. The number of likely N-dealkylation sites (tertiary alicyclic amines) is 1. The third kappa shape index (κ3) is 3.25. The van der Waals surface area contributed by atoms with E-state index in [2.05, 4.69) is 9.88 Å². The van der Waals surface area contributed by atoms with Crippen molar-refractivity contribution in [2.75, 3.05) is 18.8 Å². The fraction of sp³-hybridized carbons (Fsp3) is 0.647. The maximum Gasteiger partial charge on any atom is 0.146 e. The normalized spacial score (nSPS) is 21.5. The van der Waals surface area contributed by atoms with Crippen LogP contribution in [0, 0.1) is 0 Å². The van der Waals surface area contributed by atoms with Crippen LogP contribution in [0.25, 0.3) is 10.2 Å². The van der Waals surface area contributed by atoms with E-state index in [1.807, 2.05) is 11.3 Å². The standard InChI is InChI=1S/C17H25N5S.ClH/c18-9-11-5-3-4-8-22(11)10-14-20-16(19)15-12-6-1-2-7-13(12)23-17(15)21-14;/h11H,1-10,18H2,(H2,19,20,21);1H. The zero-order valence-corrected chi connectivity index (χ0v) is 15.6. The lowest BCUT2D eigenvalue weighted by Crippen LogP contribution is -2.43. The van der Waals surface area contributed by atoms with Gasteiger partial charge in [-0.25, -0.2) is 9.97 Å². The van der Waals surface area contributed by atoms with Crippen LogP contribution in [0.15, 0.2) is 0 Å². The molecule has 2 aromatic heterocycles. The molecule has 24 heavy (non-hydrogen) atoms. The molecule has 132 valence electrons. The van der Waals surface area contributed by atoms with Crippen molar-refractivity contribution in [2.45, 2.75) is 57.5 Å². The number of hydrogen-bond donors (Lipinski definition) is 2. The number of hydrogen-bond acceptors (Lipinski definition) is 6. The first-order valence-corrected chi connectivity index (χ1v) is 9.58. The molecule has 4 N–H and O–H groups in total. The summed E-state index contributed by atoms with van der Waals surface area (Å²) in [6.07, 6.45) is 8.54. The highest BCUT2D eigenvalue weighted by Gasteiger charge is 2.24. The summed E-state index contributed by atoms with van der Waals surface area (Å²) in [6.45, 7) is 2.57. The zero-order chi connectivity index (χ0) is 15.8. The van der Waals surface area contributed by atoms with E-state index in [0.29, 0.717) is 18.4 Å². The number of aryl methyl sites for hydroxylation is 2. The molecule has 1 unspecified atom stereocenters. The number of aromatic nitrogens is 2. The van der Waals surface area contributed by atoms with E-state index in [4.69, 9.17) is 16.5 Å². The Balaban J connectivity index is 0.00000169. The van der Waals surface area contributed by atoms with Gasteiger partial charge in [0.05, 0.1) is 11.9 Å². The first-order valence-electron chi connectivity index (χ1n) is 8.77. The topological polar surface area (TPSA) is 81.1 Å². The second-order valence-electron chi connectivity index (χ2n) is 6.77. The van der Waals surface area contributed by atoms with Crippen molar-refractivity contribution in [3.63, 3.8) is 0 Å². The minimum absolute atomic E-state index is 0. The van der Waals surface area contributed by atoms with E-state index in [1.54, 1.807) is 0 Å². The molecule has 7 heteroatoms. The fourth-order valence-corrected chi connectivity index (χ4v) is 5.31. The predicted octanol–water partition coefficient (Wildman–Crippen LogP) is 2.89. The van der Waals surface area contributed by atoms with Gasteiger partial charge < -0.3 is 11.5 Å². The molecule has 1 aliphatic heterocycles. The van der Waals surface area contributed by atoms with Gasteiger partial charge >= 0.3 is 0 Å². The van der Waals surface area contributed by atoms with E-state index >= 15 is 0 Å². The van der Waals surface area contributed by atoms with Gasteiger partial charge in [0.25, 0.3) is 0 Å². The van der Waals surface area contributed by atoms with E-state index in [0.717, 1.165) is 35.6 Å². The first kappa shape index (κ1) is 17.9. The fourth-order valence-electron chi connectivity index (χ4n) is 4.02. The van der Waals surface area contributed by atoms with Gasteiger partial charge in [-0.05, 0) is 50.6 Å². The summed E-state index contributed by atoms with van der Waals surface area (Å²) in [6, 6.07) is 0.459. The SMILES string of the molecule is Cl.NCC1CCCCN1Cc1nc(N)c2c3c(sc2n1)CCCC3. The van der Waals surface area contributed by atoms with Crippen molar-refractivity contribution in [1.82, 2.24) is 14.9 Å². The van der Waals surface area contributed by atoms with Gasteiger partial charge in [0.1, 0.15) is 16.5 Å². The number of nitrogen functional groups attached to an aromatic ring is 1. The summed E-state index contributed by atoms with van der Waals surface area (Å²) in [5.41, 5.74) is 13.7. The van der Waals surface area contributed by atoms with Gasteiger partial charge in [-0.3, -0.25) is 4.90 Å². The molecule has 1 saturated heterocycles. The molecule has 0 saturated carbocycles. The number of thiophene rings is 1. The van der Waals surface area contributed by atoms with Gasteiger partial charge in [-0.1, -0.05) is 6.42 Å². The lowest BCUT2D eigenvalue weighted by atomic mass is 9.97. The Kier molecular flexibility index (Phi) is 5.59. The molecular formula is C17H26ClN5S. The highest BCUT2D eigenvalue weighted by molar-refractivity contribution is 7.19. The number of halogens is 1. The average Bonchev–Trinajstić information content (AvgIpc) is 2.94. The van der Waals surface area contributed by atoms with Crippen LogP contribution in [0.3, 0.4) is 0 Å². The second kappa shape index (κ2) is 7.52. The van der Waals surface area contributed by atoms with Crippen molar-refractivity contribution in [3.8, 4) is 0 Å². The number of anilines is 1. The molecule has 0 spiro atoms. The van der Waals surface area contributed by atoms with Crippen LogP contribution in [0.5, 0.6) is 0 Å². The van der Waals surface area contributed by atoms with E-state index in [1.165, 1.54) is 49.0 Å². The Morgan fingerprint density at radius 3 is 2.79 bits per heavy atom. The minimum Gasteiger partial charge on any atom is -0.383 e. The maximum atomic E-state index is 6.31. The van der Waals surface area contributed by atoms with Crippen LogP contribution in [0.4, 0.5) is 5.82 Å². The van der Waals surface area contributed by atoms with Crippen molar-refractivity contribution >= 4 is 39.8 Å². The summed E-state index contributed by atoms with van der Waals surface area (Å²) in [4.78, 5) is 14.5. The van der Waals surface area contributed by atoms with Crippen LogP contribution < -0.4 is 11.5 Å². The second-order valence-corrected chi connectivity index (χ2v) is 7.86. The van der Waals surface area contributed by atoms with Gasteiger partial charge in [-0.15, -0.1) is 23.7 Å². The molecule has 5 nitrogen and oxygen atoms in total. The zero-order valence-electron chi connectivity index (χ0n) is 14.0. The molecule has 4 rings (SSSR count). The number of piperidine rings is 1. The molecule has 0 bridgehead atoms. The van der Waals surface area contributed by atoms with Gasteiger partial charge in [-0.2, -0.15) is 0 Å². The smallest absolute Gasteiger partial charge is 0.146 e. The maximum absolute atomic E-state index is 6.31. The number of nitrogens with zero attached hydrogens (tertiary/aromatic N) is 3. The lowest BCUT2D eigenvalue weighted by molar-refractivity contribution is 0.141. The number of nitrogens with two attached hydrogens (primary N) is 2. The third-order valence-electron chi connectivity index (χ3n) is 5.25. The van der Waals surface area contributed by atoms with Gasteiger partial charge in [0.15, 0.2) is 0 Å². The lowest BCUT2D eigenvalue weighted by Gasteiger charge is -2.34. The Bertz CT molecular complexity index is 717. The molecule has 3 heterocycles. The van der Waals surface area contributed by atoms with Crippen molar-refractivity contribution in [3.05, 3.63) is 16.3 Å². The molecule has 1 atom stereocenters. The summed E-state index contributed by atoms with van der Waals surface area (Å²) < 4.78 is 0. The van der Waals surface area contributed by atoms with Crippen molar-refractivity contribution in [2.24, 2.45) is 5.73 Å². The molecule has 0 radical (unpaired) electrons. The van der Waals surface area contributed by atoms with E-state index in [-0.39, 0.29) is 12.4 Å². The summed E-state index contributed by atoms with van der Waals surface area (Å²) in [7, 11) is 0. The van der Waals surface area contributed by atoms with Gasteiger partial charge in [0, 0.05) is 17.5 Å². The monoisotopic (exact) mass is 367 g/mol. The average molecular weight is 368 g/mol. The molecule has 1 aliphatic carbocycles. The summed E-state index contributed by atoms with van der Waals surface area (Å²) in [5, 5.41) is 1.13. The van der Waals surface area contributed by atoms with Crippen LogP contribution in [0.2, 0.25) is 0 Å². The quantitative estimate of drug-likeness (QED) is 0.871. The molecule has 0 aromatic carbocycles. The summed E-state index contributed by atoms with van der Waals surface area (Å²) >= 11 is 1.82. The molecular weight excluding hydrogens is 342 g/mol. The van der Waals surface area contributed by atoms with E-state index < -0.39 is 0 Å². The third-order valence-corrected chi connectivity index (χ3v) is 6.44. The molecule has 2 aromatic rings. The largest absolute Gasteiger partial charge is 0.383 e. The number of fused-ring (bicyclic) bond motifs is 3. The Morgan fingerprint density at radius 1 is 1.12 bits per heavy atom. The molecule has 0 amide bonds. The number of rotatable bonds is 3. The first-order chi connectivity index (χ1) is 11.3. The van der Waals surface area contributed by atoms with E-state index in [9.17, 15) is 0 Å². The van der Waals surface area contributed by atoms with Crippen molar-refractivity contribution < 1.29 is 0 Å². The highest BCUT2D eigenvalue weighted by Crippen LogP contribution is 2.37. The van der Waals surface area contributed by atoms with Crippen LogP contribution in [0.1, 0.15) is 48.4 Å². The van der Waals surface area contributed by atoms with Gasteiger partial charge in [0.2, 0.25) is 0 Å². The Morgan fingerprint density at radius 2 is 1.96 bits per heavy atom. The van der Waals surface area contributed by atoms with Crippen LogP contribution in [-0.4, -0.2) is 34.0 Å². The minimum atomic E-state index is 0. The van der Waals surface area contributed by atoms with Crippen LogP contribution >= 0.6 is 23.7 Å².